The molecule has 0 saturated heterocycles. The molecule has 0 bridgehead atoms. The van der Waals surface area contributed by atoms with E-state index in [0.717, 1.165) is 39.2 Å². The molecular weight excluding hydrogens is 885 g/mol. The number of aryl methyl sites for hydroxylation is 2. The van der Waals surface area contributed by atoms with Gasteiger partial charge in [0.05, 0.1) is 86.7 Å². The van der Waals surface area contributed by atoms with Crippen molar-refractivity contribution in [2.45, 2.75) is 18.7 Å². The van der Waals surface area contributed by atoms with Crippen LogP contribution < -0.4 is 18.9 Å². The smallest absolute Gasteiger partial charge is 0.294 e. The van der Waals surface area contributed by atoms with E-state index in [1.54, 1.807) is 50.1 Å². The van der Waals surface area contributed by atoms with Crippen molar-refractivity contribution in [3.8, 4) is 80.6 Å². The number of fused-ring (bicyclic) bond motifs is 2. The second-order valence-electron chi connectivity index (χ2n) is 14.9. The van der Waals surface area contributed by atoms with Crippen molar-refractivity contribution in [2.75, 3.05) is 14.2 Å². The summed E-state index contributed by atoms with van der Waals surface area (Å²) in [6, 6.07) is 37.5. The van der Waals surface area contributed by atoms with Crippen molar-refractivity contribution in [3.05, 3.63) is 163 Å². The minimum Gasteiger partial charge on any atom is -0.477 e. The fourth-order valence-electron chi connectivity index (χ4n) is 6.77. The second-order valence-corrected chi connectivity index (χ2v) is 16.3. The highest BCUT2D eigenvalue weighted by Crippen LogP contribution is 2.34. The first-order valence-electron chi connectivity index (χ1n) is 20.7. The van der Waals surface area contributed by atoms with Gasteiger partial charge in [-0.15, -0.1) is 0 Å². The molecule has 10 aromatic rings. The molecule has 0 unspecified atom stereocenters. The summed E-state index contributed by atoms with van der Waals surface area (Å²) in [5.74, 6) is 1.66. The number of aromatic nitrogens is 10. The first kappa shape index (κ1) is 44.3. The lowest BCUT2D eigenvalue weighted by Crippen LogP contribution is -2.01. The number of ether oxygens (including phenoxy) is 4. The molecule has 2 aromatic carbocycles. The zero-order chi connectivity index (χ0) is 47.2. The molecular formula is C50H38N10O7S. The summed E-state index contributed by atoms with van der Waals surface area (Å²) in [5.41, 5.74) is 9.86. The van der Waals surface area contributed by atoms with E-state index < -0.39 is 10.1 Å². The molecule has 0 aliphatic heterocycles. The fraction of sp³-hybridized carbons (Fsp3) is 0.0800. The van der Waals surface area contributed by atoms with Crippen molar-refractivity contribution >= 4 is 32.2 Å². The van der Waals surface area contributed by atoms with E-state index in [4.69, 9.17) is 28.9 Å². The molecule has 8 heterocycles. The van der Waals surface area contributed by atoms with Crippen LogP contribution in [0.15, 0.2) is 157 Å². The third kappa shape index (κ3) is 10.2. The predicted octanol–water partition coefficient (Wildman–Crippen LogP) is 9.76. The molecule has 0 saturated carbocycles. The maximum atomic E-state index is 11.5. The van der Waals surface area contributed by atoms with Crippen LogP contribution in [0.1, 0.15) is 11.1 Å². The molecule has 18 heteroatoms. The van der Waals surface area contributed by atoms with Crippen LogP contribution >= 0.6 is 0 Å². The largest absolute Gasteiger partial charge is 0.477 e. The lowest BCUT2D eigenvalue weighted by Gasteiger charge is -2.11. The van der Waals surface area contributed by atoms with Crippen LogP contribution in [0.3, 0.4) is 0 Å². The number of pyridine rings is 6. The monoisotopic (exact) mass is 922 g/mol. The highest BCUT2D eigenvalue weighted by atomic mass is 32.2. The van der Waals surface area contributed by atoms with Crippen LogP contribution in [0.4, 0.5) is 0 Å². The van der Waals surface area contributed by atoms with Crippen LogP contribution in [0, 0.1) is 13.8 Å². The van der Waals surface area contributed by atoms with Gasteiger partial charge in [0.1, 0.15) is 11.5 Å². The van der Waals surface area contributed by atoms with Crippen molar-refractivity contribution in [1.82, 2.24) is 49.8 Å². The van der Waals surface area contributed by atoms with Gasteiger partial charge in [-0.1, -0.05) is 24.3 Å². The van der Waals surface area contributed by atoms with Crippen molar-refractivity contribution < 1.29 is 31.9 Å². The van der Waals surface area contributed by atoms with Crippen molar-refractivity contribution in [3.63, 3.8) is 0 Å². The molecule has 17 nitrogen and oxygen atoms in total. The highest BCUT2D eigenvalue weighted by Gasteiger charge is 2.18. The lowest BCUT2D eigenvalue weighted by molar-refractivity contribution is 0.357. The van der Waals surface area contributed by atoms with Crippen LogP contribution in [0.25, 0.3) is 67.6 Å². The Bertz CT molecular complexity index is 3600. The summed E-state index contributed by atoms with van der Waals surface area (Å²) in [4.78, 5) is 44.5. The normalized spacial score (nSPS) is 11.1. The Morgan fingerprint density at radius 3 is 1.22 bits per heavy atom. The summed E-state index contributed by atoms with van der Waals surface area (Å²) in [5, 5.41) is 0. The molecule has 0 fully saturated rings. The molecule has 0 amide bonds. The summed E-state index contributed by atoms with van der Waals surface area (Å²) < 4.78 is 55.0. The molecule has 0 spiro atoms. The Morgan fingerprint density at radius 1 is 0.397 bits per heavy atom. The van der Waals surface area contributed by atoms with Gasteiger partial charge in [0.25, 0.3) is 33.6 Å². The van der Waals surface area contributed by atoms with E-state index in [0.29, 0.717) is 51.4 Å². The zero-order valence-corrected chi connectivity index (χ0v) is 37.5. The number of hydrogen-bond acceptors (Lipinski definition) is 16. The van der Waals surface area contributed by atoms with Gasteiger partial charge < -0.3 is 18.9 Å². The minimum atomic E-state index is -4.40. The van der Waals surface area contributed by atoms with Gasteiger partial charge in [0.15, 0.2) is 0 Å². The van der Waals surface area contributed by atoms with Gasteiger partial charge >= 0.3 is 0 Å². The summed E-state index contributed by atoms with van der Waals surface area (Å²) in [6.45, 7) is 4.02. The van der Waals surface area contributed by atoms with Crippen LogP contribution in [0.2, 0.25) is 0 Å². The Hall–Kier alpha value is -8.87. The first-order chi connectivity index (χ1) is 33.0. The van der Waals surface area contributed by atoms with E-state index in [9.17, 15) is 13.0 Å². The highest BCUT2D eigenvalue weighted by molar-refractivity contribution is 7.85. The number of nitrogens with zero attached hydrogens (tertiary/aromatic N) is 10. The lowest BCUT2D eigenvalue weighted by atomic mass is 10.1. The first-order valence-corrected chi connectivity index (χ1v) is 22.2. The molecule has 10 rings (SSSR count). The van der Waals surface area contributed by atoms with Gasteiger partial charge in [-0.05, 0) is 116 Å². The maximum absolute atomic E-state index is 11.5. The summed E-state index contributed by atoms with van der Waals surface area (Å²) in [7, 11) is -1.44. The number of rotatable bonds is 11. The third-order valence-electron chi connectivity index (χ3n) is 10.0. The molecule has 0 radical (unpaired) electrons. The fourth-order valence-corrected chi connectivity index (χ4v) is 7.27. The SMILES string of the molecule is COc1nc2ccc(S(=O)(=O)O)cc2nc1Oc1ccnc(-c2cccc(-c3cc(C)ccn3)n2)c1.COc1nc2ccccc2nc1Oc1ccnc(-c2cccc(-c3cc(C)ccn3)n2)c1. The van der Waals surface area contributed by atoms with Crippen molar-refractivity contribution in [1.29, 1.82) is 0 Å². The van der Waals surface area contributed by atoms with Crippen molar-refractivity contribution in [2.24, 2.45) is 0 Å². The van der Waals surface area contributed by atoms with Crippen LogP contribution in [0.5, 0.6) is 35.0 Å². The standard InChI is InChI=1S/C25H19N5O5S.C25H19N5O2/c1-15-8-10-26-21(12-15)18-4-3-5-19(28-18)22-13-16(9-11-27-22)35-25-24(34-2)29-20-7-6-17(36(31,32)33)14-23(20)30-25;1-16-10-12-26-22(14-16)20-8-5-9-21(28-20)23-15-17(11-13-27-23)32-25-24(31-2)29-18-6-3-4-7-19(18)30-25/h3-14H,1-2H3,(H,31,32,33);3-15H,1-2H3. The Kier molecular flexibility index (Phi) is 12.6. The van der Waals surface area contributed by atoms with E-state index in [1.165, 1.54) is 25.3 Å². The van der Waals surface area contributed by atoms with Crippen LogP contribution in [-0.4, -0.2) is 77.0 Å². The molecule has 0 aliphatic carbocycles. The Morgan fingerprint density at radius 2 is 0.794 bits per heavy atom. The van der Waals surface area contributed by atoms with E-state index >= 15 is 0 Å². The van der Waals surface area contributed by atoms with E-state index in [2.05, 4.69) is 39.9 Å². The van der Waals surface area contributed by atoms with Crippen LogP contribution in [-0.2, 0) is 10.1 Å². The quantitative estimate of drug-likeness (QED) is 0.119. The number of methoxy groups -OCH3 is 2. The Labute approximate surface area is 389 Å². The number of benzene rings is 2. The van der Waals surface area contributed by atoms with Gasteiger partial charge in [-0.25, -0.2) is 29.9 Å². The van der Waals surface area contributed by atoms with E-state index in [-0.39, 0.29) is 28.1 Å². The molecule has 8 aromatic heterocycles. The predicted molar refractivity (Wildman–Crippen MR) is 253 cm³/mol. The zero-order valence-electron chi connectivity index (χ0n) is 36.7. The number of hydrogen-bond donors (Lipinski definition) is 1. The Balaban J connectivity index is 0.000000171. The maximum Gasteiger partial charge on any atom is 0.294 e. The topological polar surface area (TPSA) is 220 Å². The average molecular weight is 923 g/mol. The molecule has 0 aliphatic rings. The minimum absolute atomic E-state index is 0.0142. The van der Waals surface area contributed by atoms with Gasteiger partial charge in [0, 0.05) is 36.9 Å². The average Bonchev–Trinajstić information content (AvgIpc) is 3.36. The number of para-hydroxylation sites is 2. The second kappa shape index (κ2) is 19.3. The van der Waals surface area contributed by atoms with Gasteiger partial charge in [0.2, 0.25) is 0 Å². The molecule has 0 atom stereocenters. The van der Waals surface area contributed by atoms with Gasteiger partial charge in [-0.3, -0.25) is 24.5 Å². The van der Waals surface area contributed by atoms with Gasteiger partial charge in [-0.2, -0.15) is 8.42 Å². The summed E-state index contributed by atoms with van der Waals surface area (Å²) in [6.07, 6.45) is 6.76. The third-order valence-corrected chi connectivity index (χ3v) is 10.9. The molecule has 336 valence electrons. The molecule has 1 N–H and O–H groups in total. The summed E-state index contributed by atoms with van der Waals surface area (Å²) >= 11 is 0. The molecule has 68 heavy (non-hydrogen) atoms. The van der Waals surface area contributed by atoms with E-state index in [1.807, 2.05) is 105 Å².